The lowest BCUT2D eigenvalue weighted by atomic mass is 9.72. The molecule has 172 valence electrons. The Morgan fingerprint density at radius 2 is 1.82 bits per heavy atom. The van der Waals surface area contributed by atoms with Crippen LogP contribution in [0.1, 0.15) is 22.7 Å². The van der Waals surface area contributed by atoms with Crippen molar-refractivity contribution in [2.24, 2.45) is 0 Å². The van der Waals surface area contributed by atoms with E-state index in [4.69, 9.17) is 16.3 Å². The number of rotatable bonds is 4. The van der Waals surface area contributed by atoms with Crippen LogP contribution in [-0.2, 0) is 21.2 Å². The van der Waals surface area contributed by atoms with Crippen molar-refractivity contribution in [3.05, 3.63) is 93.2 Å². The highest BCUT2D eigenvalue weighted by atomic mass is 79.9. The summed E-state index contributed by atoms with van der Waals surface area (Å²) in [6, 6.07) is 17.4. The molecule has 2 heterocycles. The zero-order valence-corrected chi connectivity index (χ0v) is 20.5. The molecule has 0 bridgehead atoms. The van der Waals surface area contributed by atoms with Gasteiger partial charge in [-0.3, -0.25) is 4.98 Å². The number of nitrogens with one attached hydrogen (secondary N) is 1. The summed E-state index contributed by atoms with van der Waals surface area (Å²) in [6.07, 6.45) is -0.428. The lowest BCUT2D eigenvalue weighted by Gasteiger charge is -2.40. The number of pyridine rings is 1. The van der Waals surface area contributed by atoms with Crippen LogP contribution in [0.3, 0.4) is 0 Å². The Morgan fingerprint density at radius 3 is 2.45 bits per heavy atom. The summed E-state index contributed by atoms with van der Waals surface area (Å²) in [7, 11) is -2.81. The Kier molecular flexibility index (Phi) is 5.35. The maximum absolute atomic E-state index is 13.3. The number of nitrogens with zero attached hydrogens (tertiary/aromatic N) is 1. The summed E-state index contributed by atoms with van der Waals surface area (Å²) in [4.78, 5) is 4.29. The maximum atomic E-state index is 13.3. The predicted octanol–water partition coefficient (Wildman–Crippen LogP) is 3.05. The van der Waals surface area contributed by atoms with E-state index in [-0.39, 0.29) is 16.5 Å². The van der Waals surface area contributed by atoms with E-state index in [0.717, 1.165) is 4.47 Å². The number of sulfonamides is 1. The first-order valence-electron chi connectivity index (χ1n) is 10.2. The number of ether oxygens (including phenoxy) is 1. The second-order valence-corrected chi connectivity index (χ2v) is 11.6. The fraction of sp³-hybridized carbons (Fsp3) is 0.261. The van der Waals surface area contributed by atoms with E-state index in [2.05, 4.69) is 25.6 Å². The SMILES string of the molecule is CNS(=O)(=O)[C@H]1[C@@H](O)[C@@]2(O)c3ncc(Cl)cc3O[C@@]2(c2ccc(Br)cc2)[C@@H]1c1ccccc1. The standard InChI is InChI=1S/C23H20BrClN2O5S/c1-26-33(30,31)19-18(13-5-3-2-4-6-13)23(14-7-9-15(24)10-8-14)22(29,21(19)28)20-17(32-23)11-16(25)12-27-20/h2-12,18-19,21,26,28-29H,1H3/t18-,19-,21-,22+,23+/m1/s1. The van der Waals surface area contributed by atoms with Gasteiger partial charge in [0.1, 0.15) is 22.8 Å². The summed E-state index contributed by atoms with van der Waals surface area (Å²) in [5.74, 6) is -0.807. The Balaban J connectivity index is 1.90. The van der Waals surface area contributed by atoms with Crippen LogP contribution < -0.4 is 9.46 Å². The molecule has 7 nitrogen and oxygen atoms in total. The Labute approximate surface area is 204 Å². The van der Waals surface area contributed by atoms with E-state index in [1.54, 1.807) is 54.6 Å². The van der Waals surface area contributed by atoms with Gasteiger partial charge in [0.25, 0.3) is 0 Å². The minimum absolute atomic E-state index is 0.0389. The van der Waals surface area contributed by atoms with Crippen LogP contribution in [0.15, 0.2) is 71.3 Å². The average molecular weight is 552 g/mol. The molecule has 33 heavy (non-hydrogen) atoms. The van der Waals surface area contributed by atoms with Crippen LogP contribution in [0, 0.1) is 0 Å². The summed E-state index contributed by atoms with van der Waals surface area (Å²) < 4.78 is 36.1. The number of hydrogen-bond donors (Lipinski definition) is 3. The highest BCUT2D eigenvalue weighted by molar-refractivity contribution is 9.10. The molecular weight excluding hydrogens is 532 g/mol. The van der Waals surface area contributed by atoms with Gasteiger partial charge in [0.2, 0.25) is 10.0 Å². The largest absolute Gasteiger partial charge is 0.476 e. The molecule has 1 aliphatic heterocycles. The number of aliphatic hydroxyl groups is 2. The highest BCUT2D eigenvalue weighted by Crippen LogP contribution is 2.67. The molecule has 5 atom stereocenters. The summed E-state index contributed by atoms with van der Waals surface area (Å²) in [6.45, 7) is 0. The number of aromatic nitrogens is 1. The molecule has 1 fully saturated rings. The Bertz CT molecular complexity index is 1320. The quantitative estimate of drug-likeness (QED) is 0.460. The molecule has 10 heteroatoms. The number of halogens is 2. The van der Waals surface area contributed by atoms with Gasteiger partial charge < -0.3 is 14.9 Å². The number of fused-ring (bicyclic) bond motifs is 3. The summed E-state index contributed by atoms with van der Waals surface area (Å²) >= 11 is 9.57. The molecule has 1 saturated carbocycles. The second-order valence-electron chi connectivity index (χ2n) is 8.16. The molecule has 2 aliphatic rings. The van der Waals surface area contributed by atoms with Crippen LogP contribution in [0.5, 0.6) is 5.75 Å². The lowest BCUT2D eigenvalue weighted by Crippen LogP contribution is -2.52. The van der Waals surface area contributed by atoms with E-state index >= 15 is 0 Å². The third kappa shape index (κ3) is 3.03. The molecule has 0 radical (unpaired) electrons. The topological polar surface area (TPSA) is 109 Å². The average Bonchev–Trinajstić information content (AvgIpc) is 3.18. The third-order valence-corrected chi connectivity index (χ3v) is 9.15. The van der Waals surface area contributed by atoms with Gasteiger partial charge in [0.15, 0.2) is 11.2 Å². The zero-order valence-electron chi connectivity index (χ0n) is 17.3. The van der Waals surface area contributed by atoms with Crippen molar-refractivity contribution in [2.45, 2.75) is 28.5 Å². The van der Waals surface area contributed by atoms with E-state index in [0.29, 0.717) is 11.1 Å². The van der Waals surface area contributed by atoms with Gasteiger partial charge in [-0.15, -0.1) is 0 Å². The van der Waals surface area contributed by atoms with Crippen LogP contribution in [0.4, 0.5) is 0 Å². The molecule has 2 aromatic carbocycles. The monoisotopic (exact) mass is 550 g/mol. The maximum Gasteiger partial charge on any atom is 0.217 e. The number of aliphatic hydroxyl groups excluding tert-OH is 1. The van der Waals surface area contributed by atoms with E-state index in [1.807, 2.05) is 0 Å². The van der Waals surface area contributed by atoms with Crippen LogP contribution >= 0.6 is 27.5 Å². The molecule has 3 N–H and O–H groups in total. The third-order valence-electron chi connectivity index (χ3n) is 6.60. The fourth-order valence-electron chi connectivity index (χ4n) is 5.25. The van der Waals surface area contributed by atoms with Crippen molar-refractivity contribution in [3.63, 3.8) is 0 Å². The molecule has 0 amide bonds. The molecule has 0 saturated heterocycles. The van der Waals surface area contributed by atoms with Crippen LogP contribution in [-0.4, -0.2) is 42.0 Å². The van der Waals surface area contributed by atoms with Gasteiger partial charge in [-0.1, -0.05) is 70.0 Å². The predicted molar refractivity (Wildman–Crippen MR) is 127 cm³/mol. The van der Waals surface area contributed by atoms with Crippen LogP contribution in [0.2, 0.25) is 5.02 Å². The first-order valence-corrected chi connectivity index (χ1v) is 12.9. The van der Waals surface area contributed by atoms with Gasteiger partial charge in [0, 0.05) is 16.7 Å². The normalized spacial score (nSPS) is 30.5. The molecule has 5 rings (SSSR count). The number of hydrogen-bond acceptors (Lipinski definition) is 6. The van der Waals surface area contributed by atoms with Gasteiger partial charge in [-0.2, -0.15) is 0 Å². The van der Waals surface area contributed by atoms with Gasteiger partial charge in [-0.25, -0.2) is 13.1 Å². The fourth-order valence-corrected chi connectivity index (χ4v) is 7.18. The van der Waals surface area contributed by atoms with Gasteiger partial charge in [0.05, 0.1) is 10.9 Å². The smallest absolute Gasteiger partial charge is 0.217 e. The van der Waals surface area contributed by atoms with Gasteiger partial charge in [-0.05, 0) is 30.3 Å². The molecule has 3 aromatic rings. The summed E-state index contributed by atoms with van der Waals surface area (Å²) in [5, 5.41) is 22.7. The first-order chi connectivity index (χ1) is 15.7. The molecule has 0 unspecified atom stereocenters. The minimum Gasteiger partial charge on any atom is -0.476 e. The minimum atomic E-state index is -4.09. The first kappa shape index (κ1) is 22.8. The Morgan fingerprint density at radius 1 is 1.15 bits per heavy atom. The van der Waals surface area contributed by atoms with Crippen molar-refractivity contribution < 1.29 is 23.4 Å². The number of benzene rings is 2. The van der Waals surface area contributed by atoms with Crippen LogP contribution in [0.25, 0.3) is 0 Å². The lowest BCUT2D eigenvalue weighted by molar-refractivity contribution is -0.150. The zero-order chi connectivity index (χ0) is 23.6. The Hall–Kier alpha value is -2.01. The van der Waals surface area contributed by atoms with E-state index in [9.17, 15) is 18.6 Å². The van der Waals surface area contributed by atoms with Crippen molar-refractivity contribution in [2.75, 3.05) is 7.05 Å². The second kappa shape index (κ2) is 7.76. The molecular formula is C23H20BrClN2O5S. The molecule has 1 aliphatic carbocycles. The van der Waals surface area contributed by atoms with Gasteiger partial charge >= 0.3 is 0 Å². The summed E-state index contributed by atoms with van der Waals surface area (Å²) in [5.41, 5.74) is -2.78. The van der Waals surface area contributed by atoms with E-state index < -0.39 is 38.5 Å². The molecule has 1 aromatic heterocycles. The van der Waals surface area contributed by atoms with E-state index in [1.165, 1.54) is 19.3 Å². The van der Waals surface area contributed by atoms with Crippen molar-refractivity contribution >= 4 is 37.6 Å². The van der Waals surface area contributed by atoms with Crippen molar-refractivity contribution in [1.29, 1.82) is 0 Å². The van der Waals surface area contributed by atoms with Crippen molar-refractivity contribution in [3.8, 4) is 5.75 Å². The molecule has 0 spiro atoms. The van der Waals surface area contributed by atoms with Crippen molar-refractivity contribution in [1.82, 2.24) is 9.71 Å². The highest BCUT2D eigenvalue weighted by Gasteiger charge is 2.79.